The molecule has 5 nitrogen and oxygen atoms in total. The molecule has 4 rings (SSSR count). The molecule has 1 aliphatic rings. The monoisotopic (exact) mass is 382 g/mol. The molecule has 27 heavy (non-hydrogen) atoms. The molecule has 0 unspecified atom stereocenters. The van der Waals surface area contributed by atoms with Crippen LogP contribution in [0.5, 0.6) is 0 Å². The van der Waals surface area contributed by atoms with Crippen LogP contribution in [0.2, 0.25) is 5.02 Å². The van der Waals surface area contributed by atoms with Crippen molar-refractivity contribution in [3.8, 4) is 0 Å². The van der Waals surface area contributed by atoms with E-state index in [1.165, 1.54) is 0 Å². The molecule has 0 spiro atoms. The summed E-state index contributed by atoms with van der Waals surface area (Å²) >= 11 is 6.17. The molecular formula is C21H19ClN2O3. The number of anilines is 2. The van der Waals surface area contributed by atoms with Crippen molar-refractivity contribution in [3.63, 3.8) is 0 Å². The second-order valence-electron chi connectivity index (χ2n) is 6.92. The van der Waals surface area contributed by atoms with Gasteiger partial charge >= 0.3 is 0 Å². The molecule has 1 fully saturated rings. The van der Waals surface area contributed by atoms with Crippen molar-refractivity contribution < 1.29 is 14.0 Å². The van der Waals surface area contributed by atoms with E-state index in [0.29, 0.717) is 22.0 Å². The minimum Gasteiger partial charge on any atom is -0.449 e. The van der Waals surface area contributed by atoms with Crippen LogP contribution < -0.4 is 10.6 Å². The molecule has 0 aliphatic heterocycles. The smallest absolute Gasteiger partial charge is 0.291 e. The number of halogens is 1. The number of hydrogen-bond acceptors (Lipinski definition) is 3. The maximum absolute atomic E-state index is 12.8. The van der Waals surface area contributed by atoms with Gasteiger partial charge in [0.05, 0.1) is 5.02 Å². The summed E-state index contributed by atoms with van der Waals surface area (Å²) in [6.07, 6.45) is 1.88. The van der Waals surface area contributed by atoms with E-state index in [9.17, 15) is 9.59 Å². The summed E-state index contributed by atoms with van der Waals surface area (Å²) in [5.41, 5.74) is 3.42. The predicted octanol–water partition coefficient (Wildman–Crippen LogP) is 5.30. The average Bonchev–Trinajstić information content (AvgIpc) is 3.43. The Kier molecular flexibility index (Phi) is 4.40. The molecule has 1 heterocycles. The molecule has 0 atom stereocenters. The Bertz CT molecular complexity index is 1070. The Balaban J connectivity index is 1.60. The zero-order valence-electron chi connectivity index (χ0n) is 15.1. The third-order valence-corrected chi connectivity index (χ3v) is 5.12. The Morgan fingerprint density at radius 3 is 2.59 bits per heavy atom. The second-order valence-corrected chi connectivity index (χ2v) is 7.33. The fourth-order valence-electron chi connectivity index (χ4n) is 3.03. The van der Waals surface area contributed by atoms with E-state index in [0.717, 1.165) is 29.4 Å². The fourth-order valence-corrected chi connectivity index (χ4v) is 3.24. The lowest BCUT2D eigenvalue weighted by Gasteiger charge is -2.11. The van der Waals surface area contributed by atoms with Crippen LogP contribution in [0.3, 0.4) is 0 Å². The maximum Gasteiger partial charge on any atom is 0.291 e. The van der Waals surface area contributed by atoms with Crippen LogP contribution in [0, 0.1) is 19.8 Å². The van der Waals surface area contributed by atoms with Gasteiger partial charge in [-0.25, -0.2) is 0 Å². The number of aryl methyl sites for hydroxylation is 2. The van der Waals surface area contributed by atoms with Crippen LogP contribution >= 0.6 is 11.6 Å². The molecule has 0 radical (unpaired) electrons. The minimum absolute atomic E-state index is 0.0268. The number of amides is 2. The second kappa shape index (κ2) is 6.74. The van der Waals surface area contributed by atoms with E-state index in [4.69, 9.17) is 16.0 Å². The standard InChI is InChI=1S/C21H19ClN2O3/c1-11-6-9-14(23-20(25)13-7-8-13)10-17(11)24-21(26)18-12(2)15-4-3-5-16(22)19(15)27-18/h3-6,9-10,13H,7-8H2,1-2H3,(H,23,25)(H,24,26). The van der Waals surface area contributed by atoms with Gasteiger partial charge in [-0.05, 0) is 50.5 Å². The van der Waals surface area contributed by atoms with Crippen LogP contribution in [0.25, 0.3) is 11.0 Å². The van der Waals surface area contributed by atoms with Crippen LogP contribution in [-0.2, 0) is 4.79 Å². The Morgan fingerprint density at radius 1 is 1.11 bits per heavy atom. The van der Waals surface area contributed by atoms with Gasteiger partial charge in [-0.2, -0.15) is 0 Å². The molecule has 138 valence electrons. The number of furan rings is 1. The summed E-state index contributed by atoms with van der Waals surface area (Å²) in [7, 11) is 0. The van der Waals surface area contributed by atoms with Gasteiger partial charge < -0.3 is 15.1 Å². The van der Waals surface area contributed by atoms with Crippen molar-refractivity contribution in [2.75, 3.05) is 10.6 Å². The molecule has 2 aromatic carbocycles. The fraction of sp³-hybridized carbons (Fsp3) is 0.238. The molecule has 6 heteroatoms. The quantitative estimate of drug-likeness (QED) is 0.642. The van der Waals surface area contributed by atoms with Gasteiger partial charge in [0.25, 0.3) is 5.91 Å². The molecule has 1 aromatic heterocycles. The van der Waals surface area contributed by atoms with Crippen molar-refractivity contribution in [2.24, 2.45) is 5.92 Å². The third kappa shape index (κ3) is 3.43. The predicted molar refractivity (Wildman–Crippen MR) is 106 cm³/mol. The highest BCUT2D eigenvalue weighted by atomic mass is 35.5. The van der Waals surface area contributed by atoms with Crippen LogP contribution in [-0.4, -0.2) is 11.8 Å². The number of nitrogens with one attached hydrogen (secondary N) is 2. The maximum atomic E-state index is 12.8. The van der Waals surface area contributed by atoms with Crippen LogP contribution in [0.15, 0.2) is 40.8 Å². The van der Waals surface area contributed by atoms with Crippen molar-refractivity contribution in [3.05, 3.63) is 58.3 Å². The van der Waals surface area contributed by atoms with Crippen molar-refractivity contribution >= 4 is 45.8 Å². The number of hydrogen-bond donors (Lipinski definition) is 2. The highest BCUT2D eigenvalue weighted by Gasteiger charge is 2.29. The van der Waals surface area contributed by atoms with E-state index in [2.05, 4.69) is 10.6 Å². The largest absolute Gasteiger partial charge is 0.449 e. The number of fused-ring (bicyclic) bond motifs is 1. The highest BCUT2D eigenvalue weighted by Crippen LogP contribution is 2.32. The summed E-state index contributed by atoms with van der Waals surface area (Å²) in [4.78, 5) is 24.7. The van der Waals surface area contributed by atoms with Crippen molar-refractivity contribution in [2.45, 2.75) is 26.7 Å². The van der Waals surface area contributed by atoms with Gasteiger partial charge in [-0.1, -0.05) is 29.8 Å². The van der Waals surface area contributed by atoms with E-state index in [1.807, 2.05) is 38.1 Å². The molecule has 1 saturated carbocycles. The topological polar surface area (TPSA) is 71.3 Å². The molecular weight excluding hydrogens is 364 g/mol. The first-order valence-corrected chi connectivity index (χ1v) is 9.22. The van der Waals surface area contributed by atoms with Crippen LogP contribution in [0.1, 0.15) is 34.5 Å². The minimum atomic E-state index is -0.353. The number of rotatable bonds is 4. The van der Waals surface area contributed by atoms with Gasteiger partial charge in [-0.15, -0.1) is 0 Å². The number of carbonyl (C=O) groups is 2. The summed E-state index contributed by atoms with van der Waals surface area (Å²) < 4.78 is 5.72. The van der Waals surface area contributed by atoms with Gasteiger partial charge in [-0.3, -0.25) is 9.59 Å². The zero-order valence-corrected chi connectivity index (χ0v) is 15.8. The number of para-hydroxylation sites is 1. The van der Waals surface area contributed by atoms with Gasteiger partial charge in [0.15, 0.2) is 11.3 Å². The highest BCUT2D eigenvalue weighted by molar-refractivity contribution is 6.35. The van der Waals surface area contributed by atoms with E-state index in [-0.39, 0.29) is 23.5 Å². The average molecular weight is 383 g/mol. The molecule has 0 saturated heterocycles. The molecule has 3 aromatic rings. The van der Waals surface area contributed by atoms with Gasteiger partial charge in [0.1, 0.15) is 0 Å². The zero-order chi connectivity index (χ0) is 19.1. The molecule has 2 N–H and O–H groups in total. The summed E-state index contributed by atoms with van der Waals surface area (Å²) in [5, 5.41) is 7.06. The first-order chi connectivity index (χ1) is 12.9. The normalized spacial score (nSPS) is 13.6. The Morgan fingerprint density at radius 2 is 1.89 bits per heavy atom. The van der Waals surface area contributed by atoms with Crippen molar-refractivity contribution in [1.82, 2.24) is 0 Å². The van der Waals surface area contributed by atoms with Crippen molar-refractivity contribution in [1.29, 1.82) is 0 Å². The van der Waals surface area contributed by atoms with Gasteiger partial charge in [0, 0.05) is 28.2 Å². The summed E-state index contributed by atoms with van der Waals surface area (Å²) in [6, 6.07) is 10.9. The van der Waals surface area contributed by atoms with Crippen LogP contribution in [0.4, 0.5) is 11.4 Å². The molecule has 0 bridgehead atoms. The Labute approximate surface area is 161 Å². The number of benzene rings is 2. The summed E-state index contributed by atoms with van der Waals surface area (Å²) in [5.74, 6) is 0.0182. The molecule has 1 aliphatic carbocycles. The first-order valence-electron chi connectivity index (χ1n) is 8.84. The van der Waals surface area contributed by atoms with E-state index >= 15 is 0 Å². The Hall–Kier alpha value is -2.79. The van der Waals surface area contributed by atoms with E-state index in [1.54, 1.807) is 12.1 Å². The van der Waals surface area contributed by atoms with E-state index < -0.39 is 0 Å². The molecule has 2 amide bonds. The lowest BCUT2D eigenvalue weighted by molar-refractivity contribution is -0.117. The lowest BCUT2D eigenvalue weighted by atomic mass is 10.1. The number of carbonyl (C=O) groups excluding carboxylic acids is 2. The summed E-state index contributed by atoms with van der Waals surface area (Å²) in [6.45, 7) is 3.72. The SMILES string of the molecule is Cc1ccc(NC(=O)C2CC2)cc1NC(=O)c1oc2c(Cl)cccc2c1C. The third-order valence-electron chi connectivity index (χ3n) is 4.82. The van der Waals surface area contributed by atoms with Gasteiger partial charge in [0.2, 0.25) is 5.91 Å². The lowest BCUT2D eigenvalue weighted by Crippen LogP contribution is -2.15. The first kappa shape index (κ1) is 17.6.